The van der Waals surface area contributed by atoms with Crippen LogP contribution in [-0.4, -0.2) is 14.8 Å². The quantitative estimate of drug-likeness (QED) is 0.930. The number of hydrogen-bond donors (Lipinski definition) is 1. The summed E-state index contributed by atoms with van der Waals surface area (Å²) in [7, 11) is 1.97. The molecular weight excluding hydrogens is 248 g/mol. The van der Waals surface area contributed by atoms with Gasteiger partial charge in [0.25, 0.3) is 0 Å². The Morgan fingerprint density at radius 3 is 2.65 bits per heavy atom. The fourth-order valence-corrected chi connectivity index (χ4v) is 2.32. The smallest absolute Gasteiger partial charge is 0.0722 e. The number of aryl methyl sites for hydroxylation is 2. The van der Waals surface area contributed by atoms with Crippen LogP contribution >= 0.6 is 0 Å². The molecule has 0 saturated carbocycles. The fraction of sp³-hybridized carbons (Fsp3) is 0.500. The van der Waals surface area contributed by atoms with E-state index in [1.165, 1.54) is 11.1 Å². The summed E-state index contributed by atoms with van der Waals surface area (Å²) in [5.41, 5.74) is 4.81. The zero-order valence-corrected chi connectivity index (χ0v) is 13.1. The fourth-order valence-electron chi connectivity index (χ4n) is 2.32. The summed E-state index contributed by atoms with van der Waals surface area (Å²) < 4.78 is 1.89. The molecule has 0 spiro atoms. The van der Waals surface area contributed by atoms with E-state index in [2.05, 4.69) is 55.4 Å². The molecule has 0 saturated heterocycles. The van der Waals surface area contributed by atoms with Gasteiger partial charge >= 0.3 is 0 Å². The van der Waals surface area contributed by atoms with Crippen molar-refractivity contribution < 1.29 is 0 Å². The summed E-state index contributed by atoms with van der Waals surface area (Å²) in [6.45, 7) is 10.3. The molecule has 0 atom stereocenters. The molecule has 1 N–H and O–H groups in total. The summed E-state index contributed by atoms with van der Waals surface area (Å²) in [5.74, 6) is 0. The normalized spacial score (nSPS) is 11.8. The van der Waals surface area contributed by atoms with Gasteiger partial charge in [0.15, 0.2) is 0 Å². The van der Waals surface area contributed by atoms with Gasteiger partial charge < -0.3 is 5.32 Å². The monoisotopic (exact) mass is 272 g/mol. The van der Waals surface area contributed by atoms with Crippen molar-refractivity contribution in [3.05, 3.63) is 47.0 Å². The molecule has 2 aromatic rings. The van der Waals surface area contributed by atoms with Gasteiger partial charge in [-0.2, -0.15) is 5.10 Å². The highest BCUT2D eigenvalue weighted by molar-refractivity contribution is 5.24. The second-order valence-electron chi connectivity index (χ2n) is 6.30. The van der Waals surface area contributed by atoms with Gasteiger partial charge in [0.05, 0.1) is 11.4 Å². The maximum atomic E-state index is 4.59. The molecule has 20 heavy (non-hydrogen) atoms. The summed E-state index contributed by atoms with van der Waals surface area (Å²) in [6.07, 6.45) is 3.94. The molecule has 2 rings (SSSR count). The van der Waals surface area contributed by atoms with Crippen molar-refractivity contribution in [3.63, 3.8) is 0 Å². The first-order chi connectivity index (χ1) is 9.38. The summed E-state index contributed by atoms with van der Waals surface area (Å²) in [6, 6.07) is 4.06. The number of hydrogen-bond acceptors (Lipinski definition) is 3. The lowest BCUT2D eigenvalue weighted by atomic mass is 9.89. The van der Waals surface area contributed by atoms with Crippen LogP contribution in [0.15, 0.2) is 24.5 Å². The van der Waals surface area contributed by atoms with Crippen molar-refractivity contribution in [1.29, 1.82) is 0 Å². The topological polar surface area (TPSA) is 42.7 Å². The molecule has 0 radical (unpaired) electrons. The van der Waals surface area contributed by atoms with E-state index in [0.717, 1.165) is 24.5 Å². The third kappa shape index (κ3) is 3.45. The molecule has 108 valence electrons. The molecule has 0 bridgehead atoms. The molecule has 2 aromatic heterocycles. The molecule has 0 aliphatic heterocycles. The van der Waals surface area contributed by atoms with Crippen LogP contribution in [0.25, 0.3) is 0 Å². The van der Waals surface area contributed by atoms with Crippen molar-refractivity contribution in [1.82, 2.24) is 20.1 Å². The van der Waals surface area contributed by atoms with E-state index in [0.29, 0.717) is 0 Å². The van der Waals surface area contributed by atoms with E-state index in [4.69, 9.17) is 0 Å². The predicted molar refractivity (Wildman–Crippen MR) is 81.4 cm³/mol. The third-order valence-electron chi connectivity index (χ3n) is 3.34. The van der Waals surface area contributed by atoms with Crippen molar-refractivity contribution in [2.24, 2.45) is 7.05 Å². The van der Waals surface area contributed by atoms with Crippen LogP contribution in [0.2, 0.25) is 0 Å². The predicted octanol–water partition coefficient (Wildman–Crippen LogP) is 2.71. The van der Waals surface area contributed by atoms with Gasteiger partial charge in [0.1, 0.15) is 0 Å². The highest BCUT2D eigenvalue weighted by Gasteiger charge is 2.21. The Balaban J connectivity index is 2.03. The van der Waals surface area contributed by atoms with Crippen molar-refractivity contribution in [2.45, 2.75) is 46.2 Å². The van der Waals surface area contributed by atoms with Crippen LogP contribution in [-0.2, 0) is 25.6 Å². The van der Waals surface area contributed by atoms with Crippen molar-refractivity contribution >= 4 is 0 Å². The summed E-state index contributed by atoms with van der Waals surface area (Å²) >= 11 is 0. The Hall–Kier alpha value is -1.68. The molecule has 0 aliphatic rings. The van der Waals surface area contributed by atoms with Gasteiger partial charge in [-0.05, 0) is 18.6 Å². The van der Waals surface area contributed by atoms with Crippen LogP contribution in [0.4, 0.5) is 0 Å². The van der Waals surface area contributed by atoms with Gasteiger partial charge in [0.2, 0.25) is 0 Å². The summed E-state index contributed by atoms with van der Waals surface area (Å²) in [5, 5.41) is 8.05. The lowest BCUT2D eigenvalue weighted by Crippen LogP contribution is -2.19. The second-order valence-corrected chi connectivity index (χ2v) is 6.30. The Bertz CT molecular complexity index is 578. The van der Waals surface area contributed by atoms with Gasteiger partial charge in [0, 0.05) is 43.5 Å². The number of aromatic nitrogens is 3. The number of rotatable bonds is 4. The first-order valence-corrected chi connectivity index (χ1v) is 7.02. The van der Waals surface area contributed by atoms with Crippen LogP contribution in [0, 0.1) is 6.92 Å². The molecule has 0 aliphatic carbocycles. The molecule has 2 heterocycles. The minimum atomic E-state index is 0.0686. The lowest BCUT2D eigenvalue weighted by molar-refractivity contribution is 0.543. The van der Waals surface area contributed by atoms with E-state index in [1.807, 2.05) is 24.0 Å². The molecule has 0 amide bonds. The minimum Gasteiger partial charge on any atom is -0.307 e. The van der Waals surface area contributed by atoms with Gasteiger partial charge in [-0.3, -0.25) is 9.67 Å². The van der Waals surface area contributed by atoms with Crippen molar-refractivity contribution in [2.75, 3.05) is 0 Å². The number of nitrogens with zero attached hydrogens (tertiary/aromatic N) is 3. The van der Waals surface area contributed by atoms with E-state index >= 15 is 0 Å². The molecular formula is C16H24N4. The Labute approximate surface area is 121 Å². The van der Waals surface area contributed by atoms with E-state index < -0.39 is 0 Å². The minimum absolute atomic E-state index is 0.0686. The number of nitrogens with one attached hydrogen (secondary N) is 1. The molecule has 4 nitrogen and oxygen atoms in total. The van der Waals surface area contributed by atoms with Crippen LogP contribution < -0.4 is 5.32 Å². The third-order valence-corrected chi connectivity index (χ3v) is 3.34. The Morgan fingerprint density at radius 1 is 1.25 bits per heavy atom. The zero-order valence-electron chi connectivity index (χ0n) is 13.1. The standard InChI is InChI=1S/C16H24N4/c1-12-7-6-8-18-14(12)10-17-9-13-11-20(5)19-15(13)16(2,3)4/h6-8,11,17H,9-10H2,1-5H3. The van der Waals surface area contributed by atoms with E-state index in [-0.39, 0.29) is 5.41 Å². The highest BCUT2D eigenvalue weighted by Crippen LogP contribution is 2.24. The lowest BCUT2D eigenvalue weighted by Gasteiger charge is -2.17. The first kappa shape index (κ1) is 14.7. The zero-order chi connectivity index (χ0) is 14.8. The Morgan fingerprint density at radius 2 is 2.00 bits per heavy atom. The maximum Gasteiger partial charge on any atom is 0.0722 e. The molecule has 0 fully saturated rings. The largest absolute Gasteiger partial charge is 0.307 e. The molecule has 0 unspecified atom stereocenters. The second kappa shape index (κ2) is 5.75. The number of pyridine rings is 1. The van der Waals surface area contributed by atoms with Gasteiger partial charge in [-0.1, -0.05) is 26.8 Å². The summed E-state index contributed by atoms with van der Waals surface area (Å²) in [4.78, 5) is 4.40. The molecule has 0 aromatic carbocycles. The average Bonchev–Trinajstić information content (AvgIpc) is 2.73. The maximum absolute atomic E-state index is 4.59. The van der Waals surface area contributed by atoms with Crippen LogP contribution in [0.5, 0.6) is 0 Å². The van der Waals surface area contributed by atoms with Gasteiger partial charge in [-0.15, -0.1) is 0 Å². The Kier molecular flexibility index (Phi) is 4.23. The first-order valence-electron chi connectivity index (χ1n) is 7.02. The molecule has 4 heteroatoms. The van der Waals surface area contributed by atoms with Crippen molar-refractivity contribution in [3.8, 4) is 0 Å². The van der Waals surface area contributed by atoms with Crippen LogP contribution in [0.1, 0.15) is 43.3 Å². The van der Waals surface area contributed by atoms with E-state index in [1.54, 1.807) is 0 Å². The average molecular weight is 272 g/mol. The highest BCUT2D eigenvalue weighted by atomic mass is 15.3. The van der Waals surface area contributed by atoms with Gasteiger partial charge in [-0.25, -0.2) is 0 Å². The SMILES string of the molecule is Cc1cccnc1CNCc1cn(C)nc1C(C)(C)C. The van der Waals surface area contributed by atoms with Crippen LogP contribution in [0.3, 0.4) is 0 Å². The van der Waals surface area contributed by atoms with E-state index in [9.17, 15) is 0 Å².